The zero-order valence-electron chi connectivity index (χ0n) is 14.7. The number of amides is 1. The average molecular weight is 390 g/mol. The monoisotopic (exact) mass is 390 g/mol. The largest absolute Gasteiger partial charge is 0.421 e. The predicted molar refractivity (Wildman–Crippen MR) is 96.0 cm³/mol. The van der Waals surface area contributed by atoms with Gasteiger partial charge in [-0.3, -0.25) is 9.59 Å². The van der Waals surface area contributed by atoms with Crippen LogP contribution in [0.25, 0.3) is 5.69 Å². The molecule has 0 aliphatic heterocycles. The molecule has 0 radical (unpaired) electrons. The first-order valence-electron chi connectivity index (χ1n) is 8.48. The fourth-order valence-corrected chi connectivity index (χ4v) is 2.64. The maximum Gasteiger partial charge on any atom is 0.421 e. The molecule has 146 valence electrons. The van der Waals surface area contributed by atoms with Gasteiger partial charge in [-0.05, 0) is 30.3 Å². The van der Waals surface area contributed by atoms with E-state index in [2.05, 4.69) is 10.4 Å². The minimum atomic E-state index is -4.76. The van der Waals surface area contributed by atoms with Crippen LogP contribution < -0.4 is 10.9 Å². The zero-order chi connectivity index (χ0) is 20.1. The summed E-state index contributed by atoms with van der Waals surface area (Å²) >= 11 is 0. The van der Waals surface area contributed by atoms with Crippen molar-refractivity contribution in [1.29, 1.82) is 0 Å². The standard InChI is InChI=1S/C19H17F3N4O2/c20-19(21,22)16-7-4-11-25(18(16)28)13-17(27)23-10-8-14-9-12-26(24-14)15-5-2-1-3-6-15/h1-7,9,11-12H,8,10,13H2,(H,23,27). The number of hydrogen-bond acceptors (Lipinski definition) is 3. The van der Waals surface area contributed by atoms with E-state index in [1.54, 1.807) is 10.9 Å². The molecular formula is C19H17F3N4O2. The molecule has 0 saturated heterocycles. The van der Waals surface area contributed by atoms with Crippen molar-refractivity contribution < 1.29 is 18.0 Å². The molecule has 1 aromatic carbocycles. The van der Waals surface area contributed by atoms with Crippen LogP contribution in [0, 0.1) is 0 Å². The van der Waals surface area contributed by atoms with Crippen LogP contribution in [-0.4, -0.2) is 26.8 Å². The van der Waals surface area contributed by atoms with Gasteiger partial charge in [0.05, 0.1) is 11.4 Å². The Balaban J connectivity index is 1.55. The van der Waals surface area contributed by atoms with Crippen molar-refractivity contribution in [2.45, 2.75) is 19.1 Å². The lowest BCUT2D eigenvalue weighted by Crippen LogP contribution is -2.35. The topological polar surface area (TPSA) is 68.9 Å². The highest BCUT2D eigenvalue weighted by molar-refractivity contribution is 5.75. The van der Waals surface area contributed by atoms with E-state index in [-0.39, 0.29) is 6.54 Å². The molecular weight excluding hydrogens is 373 g/mol. The zero-order valence-corrected chi connectivity index (χ0v) is 14.7. The molecule has 0 bridgehead atoms. The third kappa shape index (κ3) is 4.67. The highest BCUT2D eigenvalue weighted by Crippen LogP contribution is 2.25. The van der Waals surface area contributed by atoms with E-state index in [0.717, 1.165) is 28.2 Å². The van der Waals surface area contributed by atoms with Crippen LogP contribution in [0.4, 0.5) is 13.2 Å². The third-order valence-electron chi connectivity index (χ3n) is 4.01. The first kappa shape index (κ1) is 19.4. The molecule has 9 heteroatoms. The van der Waals surface area contributed by atoms with Crippen LogP contribution in [0.2, 0.25) is 0 Å². The van der Waals surface area contributed by atoms with E-state index in [4.69, 9.17) is 0 Å². The molecule has 0 fully saturated rings. The predicted octanol–water partition coefficient (Wildman–Crippen LogP) is 2.41. The Labute approximate surface area is 158 Å². The van der Waals surface area contributed by atoms with Crippen molar-refractivity contribution in [1.82, 2.24) is 19.7 Å². The Morgan fingerprint density at radius 1 is 1.04 bits per heavy atom. The summed E-state index contributed by atoms with van der Waals surface area (Å²) in [6.45, 7) is -0.237. The minimum Gasteiger partial charge on any atom is -0.354 e. The average Bonchev–Trinajstić information content (AvgIpc) is 3.12. The first-order valence-corrected chi connectivity index (χ1v) is 8.48. The molecule has 2 heterocycles. The number of pyridine rings is 1. The van der Waals surface area contributed by atoms with Gasteiger partial charge in [-0.25, -0.2) is 4.68 Å². The second-order valence-electron chi connectivity index (χ2n) is 6.04. The molecule has 0 aliphatic carbocycles. The third-order valence-corrected chi connectivity index (χ3v) is 4.01. The molecule has 0 aliphatic rings. The van der Waals surface area contributed by atoms with E-state index in [9.17, 15) is 22.8 Å². The second kappa shape index (κ2) is 8.12. The van der Waals surface area contributed by atoms with Gasteiger partial charge in [0.25, 0.3) is 5.56 Å². The molecule has 3 aromatic rings. The summed E-state index contributed by atoms with van der Waals surface area (Å²) in [6.07, 6.45) is -1.36. The smallest absolute Gasteiger partial charge is 0.354 e. The van der Waals surface area contributed by atoms with E-state index < -0.39 is 29.8 Å². The van der Waals surface area contributed by atoms with Crippen molar-refractivity contribution in [2.75, 3.05) is 6.54 Å². The van der Waals surface area contributed by atoms with E-state index in [1.807, 2.05) is 36.4 Å². The number of nitrogens with zero attached hydrogens (tertiary/aromatic N) is 3. The number of benzene rings is 1. The lowest BCUT2D eigenvalue weighted by atomic mass is 10.2. The van der Waals surface area contributed by atoms with Crippen molar-refractivity contribution >= 4 is 5.91 Å². The van der Waals surface area contributed by atoms with Crippen LogP contribution in [0.15, 0.2) is 65.7 Å². The lowest BCUT2D eigenvalue weighted by Gasteiger charge is -2.10. The fraction of sp³-hybridized carbons (Fsp3) is 0.211. The number of carbonyl (C=O) groups is 1. The van der Waals surface area contributed by atoms with Crippen molar-refractivity contribution in [3.8, 4) is 5.69 Å². The van der Waals surface area contributed by atoms with E-state index in [0.29, 0.717) is 12.5 Å². The van der Waals surface area contributed by atoms with Gasteiger partial charge in [0.2, 0.25) is 5.91 Å². The van der Waals surface area contributed by atoms with E-state index >= 15 is 0 Å². The quantitative estimate of drug-likeness (QED) is 0.703. The molecule has 1 amide bonds. The fourth-order valence-electron chi connectivity index (χ4n) is 2.64. The molecule has 0 spiro atoms. The Morgan fingerprint density at radius 2 is 1.79 bits per heavy atom. The molecule has 3 rings (SSSR count). The molecule has 0 atom stereocenters. The van der Waals surface area contributed by atoms with Gasteiger partial charge >= 0.3 is 6.18 Å². The summed E-state index contributed by atoms with van der Waals surface area (Å²) < 4.78 is 40.7. The maximum atomic E-state index is 12.8. The molecule has 0 saturated carbocycles. The first-order chi connectivity index (χ1) is 13.3. The van der Waals surface area contributed by atoms with Gasteiger partial charge in [-0.15, -0.1) is 0 Å². The number of hydrogen-bond donors (Lipinski definition) is 1. The normalized spacial score (nSPS) is 11.4. The number of aromatic nitrogens is 3. The van der Waals surface area contributed by atoms with E-state index in [1.165, 1.54) is 0 Å². The van der Waals surface area contributed by atoms with Gasteiger partial charge < -0.3 is 9.88 Å². The van der Waals surface area contributed by atoms with Crippen LogP contribution in [0.3, 0.4) is 0 Å². The highest BCUT2D eigenvalue weighted by atomic mass is 19.4. The van der Waals surface area contributed by atoms with Crippen molar-refractivity contribution in [2.24, 2.45) is 0 Å². The van der Waals surface area contributed by atoms with Crippen LogP contribution in [0.5, 0.6) is 0 Å². The minimum absolute atomic E-state index is 0.248. The summed E-state index contributed by atoms with van der Waals surface area (Å²) in [6, 6.07) is 13.1. The number of halogens is 3. The summed E-state index contributed by atoms with van der Waals surface area (Å²) in [5.41, 5.74) is -0.886. The number of alkyl halides is 3. The summed E-state index contributed by atoms with van der Waals surface area (Å²) in [5.74, 6) is -0.552. The number of rotatable bonds is 6. The van der Waals surface area contributed by atoms with Gasteiger partial charge in [0.15, 0.2) is 0 Å². The van der Waals surface area contributed by atoms with Gasteiger partial charge in [-0.2, -0.15) is 18.3 Å². The van der Waals surface area contributed by atoms with Crippen LogP contribution in [0.1, 0.15) is 11.3 Å². The second-order valence-corrected chi connectivity index (χ2v) is 6.04. The maximum absolute atomic E-state index is 12.8. The highest BCUT2D eigenvalue weighted by Gasteiger charge is 2.34. The lowest BCUT2D eigenvalue weighted by molar-refractivity contribution is -0.139. The Kier molecular flexibility index (Phi) is 5.62. The SMILES string of the molecule is O=C(Cn1cccc(C(F)(F)F)c1=O)NCCc1ccn(-c2ccccc2)n1. The molecule has 0 unspecified atom stereocenters. The van der Waals surface area contributed by atoms with Crippen molar-refractivity contribution in [3.05, 3.63) is 82.5 Å². The Hall–Kier alpha value is -3.36. The van der Waals surface area contributed by atoms with Crippen molar-refractivity contribution in [3.63, 3.8) is 0 Å². The molecule has 6 nitrogen and oxygen atoms in total. The number of carbonyl (C=O) groups excluding carboxylic acids is 1. The molecule has 28 heavy (non-hydrogen) atoms. The summed E-state index contributed by atoms with van der Waals surface area (Å²) in [4.78, 5) is 23.8. The van der Waals surface area contributed by atoms with Crippen LogP contribution in [-0.2, 0) is 23.9 Å². The summed E-state index contributed by atoms with van der Waals surface area (Å²) in [5, 5.41) is 6.98. The number of para-hydroxylation sites is 1. The Morgan fingerprint density at radius 3 is 2.50 bits per heavy atom. The van der Waals surface area contributed by atoms with Crippen LogP contribution >= 0.6 is 0 Å². The number of nitrogens with one attached hydrogen (secondary N) is 1. The summed E-state index contributed by atoms with van der Waals surface area (Å²) in [7, 11) is 0. The molecule has 1 N–H and O–H groups in total. The Bertz CT molecular complexity index is 1010. The van der Waals surface area contributed by atoms with Gasteiger partial charge in [0, 0.05) is 25.4 Å². The molecule has 2 aromatic heterocycles. The van der Waals surface area contributed by atoms with Gasteiger partial charge in [0.1, 0.15) is 12.1 Å². The van der Waals surface area contributed by atoms with Gasteiger partial charge in [-0.1, -0.05) is 18.2 Å².